The monoisotopic (exact) mass is 371 g/mol. The second-order valence-electron chi connectivity index (χ2n) is 6.09. The molecule has 2 aromatic rings. The van der Waals surface area contributed by atoms with Crippen LogP contribution in [0.15, 0.2) is 53.4 Å². The Kier molecular flexibility index (Phi) is 6.01. The average Bonchev–Trinajstić information content (AvgIpc) is 2.68. The van der Waals surface area contributed by atoms with Crippen molar-refractivity contribution in [2.75, 3.05) is 26.3 Å². The number of rotatable bonds is 6. The highest BCUT2D eigenvalue weighted by Gasteiger charge is 2.19. The van der Waals surface area contributed by atoms with Crippen molar-refractivity contribution in [2.24, 2.45) is 0 Å². The topological polar surface area (TPSA) is 82.4 Å². The zero-order valence-corrected chi connectivity index (χ0v) is 15.2. The summed E-state index contributed by atoms with van der Waals surface area (Å²) in [5.41, 5.74) is 2.16. The van der Waals surface area contributed by atoms with Crippen LogP contribution in [0.25, 0.3) is 0 Å². The highest BCUT2D eigenvalue weighted by Crippen LogP contribution is 2.17. The summed E-state index contributed by atoms with van der Waals surface area (Å²) in [6.07, 6.45) is 0. The van der Waals surface area contributed by atoms with Crippen molar-refractivity contribution in [3.05, 3.63) is 65.2 Å². The summed E-state index contributed by atoms with van der Waals surface area (Å²) in [7, 11) is -3.76. The van der Waals surface area contributed by atoms with Crippen LogP contribution in [0.3, 0.4) is 0 Å². The van der Waals surface area contributed by atoms with E-state index in [0.717, 1.165) is 44.0 Å². The molecule has 7 heteroatoms. The summed E-state index contributed by atoms with van der Waals surface area (Å²) >= 11 is 0. The first-order valence-electron chi connectivity index (χ1n) is 8.46. The predicted molar refractivity (Wildman–Crippen MR) is 97.7 cm³/mol. The first-order valence-corrected chi connectivity index (χ1v) is 9.94. The van der Waals surface area contributed by atoms with Crippen molar-refractivity contribution < 1.29 is 13.2 Å². The molecule has 0 bridgehead atoms. The smallest absolute Gasteiger partial charge is 0.242 e. The highest BCUT2D eigenvalue weighted by atomic mass is 32.2. The summed E-state index contributed by atoms with van der Waals surface area (Å²) in [6, 6.07) is 15.9. The fourth-order valence-corrected chi connectivity index (χ4v) is 4.09. The molecule has 1 fully saturated rings. The largest absolute Gasteiger partial charge is 0.379 e. The van der Waals surface area contributed by atoms with E-state index in [1.807, 2.05) is 30.3 Å². The van der Waals surface area contributed by atoms with Gasteiger partial charge >= 0.3 is 0 Å². The Morgan fingerprint density at radius 2 is 1.69 bits per heavy atom. The van der Waals surface area contributed by atoms with Crippen molar-refractivity contribution in [1.29, 1.82) is 5.26 Å². The lowest BCUT2D eigenvalue weighted by Crippen LogP contribution is -2.36. The van der Waals surface area contributed by atoms with Gasteiger partial charge in [0.1, 0.15) is 6.07 Å². The van der Waals surface area contributed by atoms with Crippen LogP contribution in [0, 0.1) is 11.3 Å². The summed E-state index contributed by atoms with van der Waals surface area (Å²) < 4.78 is 33.2. The molecule has 0 radical (unpaired) electrons. The molecule has 1 N–H and O–H groups in total. The van der Waals surface area contributed by atoms with Crippen LogP contribution in [0.4, 0.5) is 0 Å². The molecule has 2 aromatic carbocycles. The quantitative estimate of drug-likeness (QED) is 0.838. The minimum Gasteiger partial charge on any atom is -0.379 e. The van der Waals surface area contributed by atoms with Gasteiger partial charge in [-0.1, -0.05) is 36.4 Å². The molecule has 136 valence electrons. The molecule has 0 saturated carbocycles. The fourth-order valence-electron chi connectivity index (χ4n) is 2.93. The van der Waals surface area contributed by atoms with Crippen LogP contribution < -0.4 is 4.72 Å². The maximum atomic E-state index is 12.6. The minimum atomic E-state index is -3.76. The van der Waals surface area contributed by atoms with Crippen LogP contribution >= 0.6 is 0 Å². The molecule has 0 unspecified atom stereocenters. The van der Waals surface area contributed by atoms with E-state index in [-0.39, 0.29) is 17.0 Å². The Morgan fingerprint density at radius 3 is 2.42 bits per heavy atom. The molecule has 1 heterocycles. The standard InChI is InChI=1S/C19H21N3O3S/c20-13-16-5-3-4-8-19(16)26(23,24)21-14-17-6-1-2-7-18(17)15-22-9-11-25-12-10-22/h1-8,21H,9-12,14-15H2. The van der Waals surface area contributed by atoms with Crippen LogP contribution in [-0.2, 0) is 27.8 Å². The van der Waals surface area contributed by atoms with E-state index in [9.17, 15) is 8.42 Å². The molecule has 1 aliphatic rings. The second kappa shape index (κ2) is 8.43. The van der Waals surface area contributed by atoms with Gasteiger partial charge in [-0.05, 0) is 23.3 Å². The molecule has 0 aromatic heterocycles. The highest BCUT2D eigenvalue weighted by molar-refractivity contribution is 7.89. The van der Waals surface area contributed by atoms with Gasteiger partial charge in [-0.2, -0.15) is 5.26 Å². The third-order valence-corrected chi connectivity index (χ3v) is 5.83. The van der Waals surface area contributed by atoms with Gasteiger partial charge in [0.25, 0.3) is 0 Å². The lowest BCUT2D eigenvalue weighted by atomic mass is 10.1. The first-order chi connectivity index (χ1) is 12.6. The van der Waals surface area contributed by atoms with Crippen molar-refractivity contribution >= 4 is 10.0 Å². The van der Waals surface area contributed by atoms with Crippen molar-refractivity contribution in [3.8, 4) is 6.07 Å². The number of hydrogen-bond donors (Lipinski definition) is 1. The van der Waals surface area contributed by atoms with Gasteiger partial charge in [0.15, 0.2) is 0 Å². The molecule has 0 amide bonds. The summed E-state index contributed by atoms with van der Waals surface area (Å²) in [6.45, 7) is 4.13. The Labute approximate surface area is 154 Å². The molecule has 0 aliphatic carbocycles. The zero-order valence-electron chi connectivity index (χ0n) is 14.4. The minimum absolute atomic E-state index is 0.00756. The number of benzene rings is 2. The van der Waals surface area contributed by atoms with E-state index < -0.39 is 10.0 Å². The molecule has 3 rings (SSSR count). The Balaban J connectivity index is 1.74. The Bertz CT molecular complexity index is 900. The van der Waals surface area contributed by atoms with E-state index in [1.54, 1.807) is 12.1 Å². The normalized spacial score (nSPS) is 15.5. The molecule has 0 atom stereocenters. The van der Waals surface area contributed by atoms with Gasteiger partial charge in [-0.3, -0.25) is 4.90 Å². The van der Waals surface area contributed by atoms with Gasteiger partial charge in [-0.15, -0.1) is 0 Å². The van der Waals surface area contributed by atoms with Gasteiger partial charge in [0.05, 0.1) is 23.7 Å². The van der Waals surface area contributed by atoms with E-state index in [4.69, 9.17) is 10.00 Å². The molecule has 1 aliphatic heterocycles. The SMILES string of the molecule is N#Cc1ccccc1S(=O)(=O)NCc1ccccc1CN1CCOCC1. The van der Waals surface area contributed by atoms with Crippen LogP contribution in [0.5, 0.6) is 0 Å². The van der Waals surface area contributed by atoms with Crippen LogP contribution in [-0.4, -0.2) is 39.6 Å². The molecular weight excluding hydrogens is 350 g/mol. The molecule has 0 spiro atoms. The van der Waals surface area contributed by atoms with Crippen molar-refractivity contribution in [3.63, 3.8) is 0 Å². The first kappa shape index (κ1) is 18.5. The summed E-state index contributed by atoms with van der Waals surface area (Å²) in [4.78, 5) is 2.30. The van der Waals surface area contributed by atoms with Gasteiger partial charge in [0.2, 0.25) is 10.0 Å². The molecule has 26 heavy (non-hydrogen) atoms. The van der Waals surface area contributed by atoms with E-state index >= 15 is 0 Å². The lowest BCUT2D eigenvalue weighted by molar-refractivity contribution is 0.0341. The van der Waals surface area contributed by atoms with E-state index in [1.165, 1.54) is 12.1 Å². The lowest BCUT2D eigenvalue weighted by Gasteiger charge is -2.27. The average molecular weight is 371 g/mol. The van der Waals surface area contributed by atoms with E-state index in [0.29, 0.717) is 0 Å². The summed E-state index contributed by atoms with van der Waals surface area (Å²) in [5, 5.41) is 9.14. The van der Waals surface area contributed by atoms with Gasteiger partial charge in [0, 0.05) is 26.2 Å². The Morgan fingerprint density at radius 1 is 1.04 bits per heavy atom. The zero-order chi connectivity index (χ0) is 18.4. The molecular formula is C19H21N3O3S. The number of nitrogens with zero attached hydrogens (tertiary/aromatic N) is 2. The number of morpholine rings is 1. The summed E-state index contributed by atoms with van der Waals surface area (Å²) in [5.74, 6) is 0. The fraction of sp³-hybridized carbons (Fsp3) is 0.316. The van der Waals surface area contributed by atoms with Gasteiger partial charge < -0.3 is 4.74 Å². The number of hydrogen-bond acceptors (Lipinski definition) is 5. The molecule has 1 saturated heterocycles. The van der Waals surface area contributed by atoms with Crippen LogP contribution in [0.1, 0.15) is 16.7 Å². The predicted octanol–water partition coefficient (Wildman–Crippen LogP) is 1.87. The third-order valence-electron chi connectivity index (χ3n) is 4.37. The number of sulfonamides is 1. The third kappa shape index (κ3) is 4.48. The number of nitrogens with one attached hydrogen (secondary N) is 1. The van der Waals surface area contributed by atoms with Gasteiger partial charge in [-0.25, -0.2) is 13.1 Å². The maximum Gasteiger partial charge on any atom is 0.242 e. The number of nitriles is 1. The van der Waals surface area contributed by atoms with Crippen LogP contribution in [0.2, 0.25) is 0 Å². The van der Waals surface area contributed by atoms with Crippen molar-refractivity contribution in [2.45, 2.75) is 18.0 Å². The number of ether oxygens (including phenoxy) is 1. The van der Waals surface area contributed by atoms with E-state index in [2.05, 4.69) is 9.62 Å². The molecule has 6 nitrogen and oxygen atoms in total. The van der Waals surface area contributed by atoms with Crippen molar-refractivity contribution in [1.82, 2.24) is 9.62 Å². The Hall–Kier alpha value is -2.24. The second-order valence-corrected chi connectivity index (χ2v) is 7.83. The maximum absolute atomic E-state index is 12.6.